The number of nitrogens with two attached hydrogens (primary N) is 1. The first-order valence-electron chi connectivity index (χ1n) is 6.05. The Morgan fingerprint density at radius 2 is 2.30 bits per heavy atom. The van der Waals surface area contributed by atoms with E-state index < -0.39 is 11.5 Å². The Morgan fingerprint density at radius 3 is 2.85 bits per heavy atom. The van der Waals surface area contributed by atoms with Gasteiger partial charge in [-0.1, -0.05) is 0 Å². The molecule has 0 fully saturated rings. The quantitative estimate of drug-likeness (QED) is 0.751. The number of esters is 1. The van der Waals surface area contributed by atoms with Crippen molar-refractivity contribution in [2.75, 3.05) is 12.3 Å². The summed E-state index contributed by atoms with van der Waals surface area (Å²) >= 11 is 0. The summed E-state index contributed by atoms with van der Waals surface area (Å²) in [5.41, 5.74) is 5.87. The molecular formula is C12H15N5O3. The second-order valence-corrected chi connectivity index (χ2v) is 4.13. The Labute approximate surface area is 114 Å². The highest BCUT2D eigenvalue weighted by Gasteiger charge is 2.15. The fourth-order valence-corrected chi connectivity index (χ4v) is 1.71. The lowest BCUT2D eigenvalue weighted by atomic mass is 10.2. The zero-order chi connectivity index (χ0) is 14.7. The maximum absolute atomic E-state index is 12.0. The van der Waals surface area contributed by atoms with Crippen molar-refractivity contribution in [2.45, 2.75) is 13.3 Å². The predicted octanol–water partition coefficient (Wildman–Crippen LogP) is -0.142. The maximum atomic E-state index is 12.0. The number of carbonyl (C=O) groups excluding carboxylic acids is 1. The molecule has 2 aromatic heterocycles. The smallest absolute Gasteiger partial charge is 0.310 e. The number of nitrogens with zero attached hydrogens (tertiary/aromatic N) is 3. The van der Waals surface area contributed by atoms with E-state index in [1.165, 1.54) is 0 Å². The van der Waals surface area contributed by atoms with E-state index in [9.17, 15) is 9.59 Å². The second kappa shape index (κ2) is 5.55. The van der Waals surface area contributed by atoms with Crippen molar-refractivity contribution in [3.63, 3.8) is 0 Å². The third kappa shape index (κ3) is 2.85. The van der Waals surface area contributed by atoms with E-state index >= 15 is 0 Å². The van der Waals surface area contributed by atoms with Crippen LogP contribution in [0.1, 0.15) is 12.5 Å². The number of carbonyl (C=O) groups is 1. The number of anilines is 1. The Balaban J connectivity index is 2.34. The molecule has 0 bridgehead atoms. The van der Waals surface area contributed by atoms with Crippen molar-refractivity contribution in [3.8, 4) is 11.5 Å². The molecule has 0 radical (unpaired) electrons. The maximum Gasteiger partial charge on any atom is 0.310 e. The molecule has 106 valence electrons. The van der Waals surface area contributed by atoms with Gasteiger partial charge in [0.25, 0.3) is 5.56 Å². The molecule has 8 nitrogen and oxygen atoms in total. The topological polar surface area (TPSA) is 116 Å². The number of rotatable bonds is 4. The van der Waals surface area contributed by atoms with Crippen molar-refractivity contribution in [1.82, 2.24) is 19.7 Å². The molecule has 0 atom stereocenters. The molecular weight excluding hydrogens is 262 g/mol. The number of aryl methyl sites for hydroxylation is 1. The zero-order valence-corrected chi connectivity index (χ0v) is 11.2. The van der Waals surface area contributed by atoms with E-state index in [1.54, 1.807) is 30.9 Å². The van der Waals surface area contributed by atoms with Crippen molar-refractivity contribution >= 4 is 11.8 Å². The van der Waals surface area contributed by atoms with Crippen LogP contribution >= 0.6 is 0 Å². The standard InChI is InChI=1S/C12H15N5O3/c1-3-20-9(18)6-7-10(13)14-11(15-12(7)19)8-4-5-17(2)16-8/h4-5H,3,6H2,1-2H3,(H3,13,14,15,19). The highest BCUT2D eigenvalue weighted by Crippen LogP contribution is 2.13. The van der Waals surface area contributed by atoms with Gasteiger partial charge < -0.3 is 15.5 Å². The number of H-pyrrole nitrogens is 1. The lowest BCUT2D eigenvalue weighted by molar-refractivity contribution is -0.142. The minimum Gasteiger partial charge on any atom is -0.466 e. The van der Waals surface area contributed by atoms with Gasteiger partial charge in [0.05, 0.1) is 18.6 Å². The van der Waals surface area contributed by atoms with Gasteiger partial charge >= 0.3 is 5.97 Å². The molecule has 2 aromatic rings. The van der Waals surface area contributed by atoms with Crippen LogP contribution < -0.4 is 11.3 Å². The summed E-state index contributed by atoms with van der Waals surface area (Å²) in [6.07, 6.45) is 1.52. The molecule has 20 heavy (non-hydrogen) atoms. The van der Waals surface area contributed by atoms with Crippen LogP contribution in [0, 0.1) is 0 Å². The molecule has 0 unspecified atom stereocenters. The summed E-state index contributed by atoms with van der Waals surface area (Å²) in [4.78, 5) is 30.0. The van der Waals surface area contributed by atoms with E-state index in [1.807, 2.05) is 0 Å². The van der Waals surface area contributed by atoms with E-state index in [-0.39, 0.29) is 30.2 Å². The van der Waals surface area contributed by atoms with Crippen molar-refractivity contribution < 1.29 is 9.53 Å². The number of nitrogen functional groups attached to an aromatic ring is 1. The van der Waals surface area contributed by atoms with Crippen LogP contribution in [0.15, 0.2) is 17.1 Å². The minimum absolute atomic E-state index is 0.00227. The van der Waals surface area contributed by atoms with Crippen molar-refractivity contribution in [1.29, 1.82) is 0 Å². The Morgan fingerprint density at radius 1 is 1.55 bits per heavy atom. The summed E-state index contributed by atoms with van der Waals surface area (Å²) in [5, 5.41) is 4.12. The molecule has 0 aliphatic heterocycles. The van der Waals surface area contributed by atoms with Gasteiger partial charge in [0.15, 0.2) is 5.82 Å². The first-order valence-corrected chi connectivity index (χ1v) is 6.05. The van der Waals surface area contributed by atoms with Crippen LogP contribution in [-0.4, -0.2) is 32.3 Å². The fraction of sp³-hybridized carbons (Fsp3) is 0.333. The predicted molar refractivity (Wildman–Crippen MR) is 71.8 cm³/mol. The third-order valence-electron chi connectivity index (χ3n) is 2.63. The summed E-state index contributed by atoms with van der Waals surface area (Å²) in [6, 6.07) is 1.70. The number of hydrogen-bond donors (Lipinski definition) is 2. The molecule has 2 rings (SSSR count). The molecule has 8 heteroatoms. The van der Waals surface area contributed by atoms with Gasteiger partial charge in [-0.15, -0.1) is 0 Å². The van der Waals surface area contributed by atoms with E-state index in [2.05, 4.69) is 15.1 Å². The van der Waals surface area contributed by atoms with Crippen LogP contribution in [-0.2, 0) is 23.0 Å². The molecule has 0 saturated carbocycles. The Kier molecular flexibility index (Phi) is 3.83. The molecule has 0 spiro atoms. The number of ether oxygens (including phenoxy) is 1. The summed E-state index contributed by atoms with van der Waals surface area (Å²) in [7, 11) is 1.75. The first kappa shape index (κ1) is 13.8. The minimum atomic E-state index is -0.517. The fourth-order valence-electron chi connectivity index (χ4n) is 1.71. The van der Waals surface area contributed by atoms with Crippen LogP contribution in [0.5, 0.6) is 0 Å². The molecule has 0 saturated heterocycles. The average molecular weight is 277 g/mol. The van der Waals surface area contributed by atoms with Gasteiger partial charge in [-0.3, -0.25) is 14.3 Å². The van der Waals surface area contributed by atoms with E-state index in [4.69, 9.17) is 10.5 Å². The molecule has 2 heterocycles. The second-order valence-electron chi connectivity index (χ2n) is 4.13. The van der Waals surface area contributed by atoms with Crippen LogP contribution in [0.2, 0.25) is 0 Å². The number of hydrogen-bond acceptors (Lipinski definition) is 6. The average Bonchev–Trinajstić information content (AvgIpc) is 2.80. The molecule has 3 N–H and O–H groups in total. The summed E-state index contributed by atoms with van der Waals surface area (Å²) in [6.45, 7) is 1.93. The molecule has 0 amide bonds. The normalized spacial score (nSPS) is 10.5. The number of aromatic amines is 1. The van der Waals surface area contributed by atoms with E-state index in [0.717, 1.165) is 0 Å². The number of aromatic nitrogens is 4. The Hall–Kier alpha value is -2.64. The lowest BCUT2D eigenvalue weighted by Crippen LogP contribution is -2.22. The van der Waals surface area contributed by atoms with E-state index in [0.29, 0.717) is 5.69 Å². The highest BCUT2D eigenvalue weighted by molar-refractivity contribution is 5.74. The molecule has 0 aliphatic carbocycles. The summed E-state index contributed by atoms with van der Waals surface area (Å²) in [5.74, 6) is -0.250. The largest absolute Gasteiger partial charge is 0.466 e. The van der Waals surface area contributed by atoms with Gasteiger partial charge in [0.2, 0.25) is 0 Å². The lowest BCUT2D eigenvalue weighted by Gasteiger charge is -2.05. The monoisotopic (exact) mass is 277 g/mol. The van der Waals surface area contributed by atoms with Gasteiger partial charge in [-0.25, -0.2) is 4.98 Å². The summed E-state index contributed by atoms with van der Waals surface area (Å²) < 4.78 is 6.36. The number of nitrogens with one attached hydrogen (secondary N) is 1. The van der Waals surface area contributed by atoms with Gasteiger partial charge in [0.1, 0.15) is 11.5 Å². The van der Waals surface area contributed by atoms with Crippen LogP contribution in [0.25, 0.3) is 11.5 Å². The first-order chi connectivity index (χ1) is 9.51. The zero-order valence-electron chi connectivity index (χ0n) is 11.2. The van der Waals surface area contributed by atoms with Crippen molar-refractivity contribution in [2.24, 2.45) is 7.05 Å². The van der Waals surface area contributed by atoms with Crippen molar-refractivity contribution in [3.05, 3.63) is 28.2 Å². The van der Waals surface area contributed by atoms with Crippen LogP contribution in [0.4, 0.5) is 5.82 Å². The van der Waals surface area contributed by atoms with Gasteiger partial charge in [0, 0.05) is 13.2 Å². The molecule has 0 aromatic carbocycles. The van der Waals surface area contributed by atoms with Crippen LogP contribution in [0.3, 0.4) is 0 Å². The van der Waals surface area contributed by atoms with Gasteiger partial charge in [-0.2, -0.15) is 5.10 Å². The molecule has 0 aliphatic rings. The van der Waals surface area contributed by atoms with Gasteiger partial charge in [-0.05, 0) is 13.0 Å². The third-order valence-corrected chi connectivity index (χ3v) is 2.63. The SMILES string of the molecule is CCOC(=O)Cc1c(N)nc(-c2ccn(C)n2)[nH]c1=O. The highest BCUT2D eigenvalue weighted by atomic mass is 16.5. The Bertz CT molecular complexity index is 689.